The molecule has 4 rings (SSSR count). The number of methoxy groups -OCH3 is 1. The molecule has 4 aromatic rings. The Bertz CT molecular complexity index is 1120. The molecule has 2 aromatic heterocycles. The number of fused-ring (bicyclic) bond motifs is 1. The Hall–Kier alpha value is -3.16. The summed E-state index contributed by atoms with van der Waals surface area (Å²) >= 11 is 5.91. The van der Waals surface area contributed by atoms with Crippen LogP contribution in [0.2, 0.25) is 5.02 Å². The van der Waals surface area contributed by atoms with Crippen LogP contribution in [0.25, 0.3) is 22.3 Å². The number of halogens is 1. The monoisotopic (exact) mass is 395 g/mol. The second-order valence-corrected chi connectivity index (χ2v) is 6.65. The van der Waals surface area contributed by atoms with Crippen molar-refractivity contribution in [2.75, 3.05) is 19.0 Å². The first-order valence-corrected chi connectivity index (χ1v) is 9.10. The predicted molar refractivity (Wildman–Crippen MR) is 109 cm³/mol. The fraction of sp³-hybridized carbons (Fsp3) is 0.150. The Morgan fingerprint density at radius 3 is 2.79 bits per heavy atom. The second kappa shape index (κ2) is 7.84. The van der Waals surface area contributed by atoms with Crippen molar-refractivity contribution < 1.29 is 9.53 Å². The van der Waals surface area contributed by atoms with Crippen LogP contribution in [0, 0.1) is 0 Å². The lowest BCUT2D eigenvalue weighted by molar-refractivity contribution is 0.102. The number of nitrogens with one attached hydrogen (secondary N) is 2. The van der Waals surface area contributed by atoms with Gasteiger partial charge in [-0.25, -0.2) is 0 Å². The van der Waals surface area contributed by atoms with E-state index in [2.05, 4.69) is 20.5 Å². The molecule has 2 N–H and O–H groups in total. The molecule has 8 heteroatoms. The van der Waals surface area contributed by atoms with E-state index in [1.165, 1.54) is 0 Å². The van der Waals surface area contributed by atoms with Crippen LogP contribution in [0.3, 0.4) is 0 Å². The van der Waals surface area contributed by atoms with Gasteiger partial charge in [-0.15, -0.1) is 5.10 Å². The molecule has 0 bridgehead atoms. The van der Waals surface area contributed by atoms with Crippen LogP contribution in [-0.2, 0) is 11.3 Å². The molecule has 0 fully saturated rings. The van der Waals surface area contributed by atoms with Crippen molar-refractivity contribution in [1.82, 2.24) is 19.7 Å². The summed E-state index contributed by atoms with van der Waals surface area (Å²) in [6.07, 6.45) is 1.83. The lowest BCUT2D eigenvalue weighted by Gasteiger charge is -2.03. The summed E-state index contributed by atoms with van der Waals surface area (Å²) in [5.74, 6) is 0.493. The first-order chi connectivity index (χ1) is 13.7. The van der Waals surface area contributed by atoms with Crippen molar-refractivity contribution in [3.05, 3.63) is 65.3 Å². The summed E-state index contributed by atoms with van der Waals surface area (Å²) in [5.41, 5.74) is 2.36. The number of benzene rings is 2. The summed E-state index contributed by atoms with van der Waals surface area (Å²) in [4.78, 5) is 17.2. The number of nitrogens with zero attached hydrogens (tertiary/aromatic N) is 3. The molecule has 2 heterocycles. The minimum absolute atomic E-state index is 0.212. The summed E-state index contributed by atoms with van der Waals surface area (Å²) in [7, 11) is 1.65. The molecule has 0 radical (unpaired) electrons. The van der Waals surface area contributed by atoms with Gasteiger partial charge >= 0.3 is 0 Å². The highest BCUT2D eigenvalue weighted by Gasteiger charge is 2.17. The molecule has 0 spiro atoms. The Balaban J connectivity index is 1.58. The number of H-pyrrole nitrogens is 1. The SMILES string of the molecule is COCCn1cc(C(=O)Nc2n[nH]c(-c3ccc(Cl)cc3)n2)c2ccccc21. The molecule has 0 saturated heterocycles. The lowest BCUT2D eigenvalue weighted by Crippen LogP contribution is -2.13. The van der Waals surface area contributed by atoms with E-state index in [1.807, 2.05) is 47.2 Å². The number of carbonyl (C=O) groups excluding carboxylic acids is 1. The molecule has 28 heavy (non-hydrogen) atoms. The fourth-order valence-electron chi connectivity index (χ4n) is 3.03. The van der Waals surface area contributed by atoms with Gasteiger partial charge in [0.05, 0.1) is 12.2 Å². The smallest absolute Gasteiger partial charge is 0.260 e. The summed E-state index contributed by atoms with van der Waals surface area (Å²) < 4.78 is 7.16. The molecule has 7 nitrogen and oxygen atoms in total. The third kappa shape index (κ3) is 3.62. The number of anilines is 1. The zero-order chi connectivity index (χ0) is 19.5. The van der Waals surface area contributed by atoms with E-state index < -0.39 is 0 Å². The van der Waals surface area contributed by atoms with Gasteiger partial charge in [-0.1, -0.05) is 29.8 Å². The number of hydrogen-bond acceptors (Lipinski definition) is 4. The number of aromatic amines is 1. The number of amides is 1. The van der Waals surface area contributed by atoms with Crippen molar-refractivity contribution in [1.29, 1.82) is 0 Å². The molecule has 142 valence electrons. The number of rotatable bonds is 6. The number of aromatic nitrogens is 4. The quantitative estimate of drug-likeness (QED) is 0.517. The Morgan fingerprint density at radius 2 is 2.00 bits per heavy atom. The molecule has 0 aliphatic carbocycles. The zero-order valence-corrected chi connectivity index (χ0v) is 15.9. The summed E-state index contributed by atoms with van der Waals surface area (Å²) in [6, 6.07) is 15.0. The van der Waals surface area contributed by atoms with Crippen molar-refractivity contribution in [3.63, 3.8) is 0 Å². The molecule has 0 atom stereocenters. The van der Waals surface area contributed by atoms with Crippen molar-refractivity contribution in [2.45, 2.75) is 6.54 Å². The number of hydrogen-bond donors (Lipinski definition) is 2. The maximum absolute atomic E-state index is 12.8. The third-order valence-corrected chi connectivity index (χ3v) is 4.65. The van der Waals surface area contributed by atoms with Crippen molar-refractivity contribution >= 4 is 34.4 Å². The minimum Gasteiger partial charge on any atom is -0.383 e. The maximum Gasteiger partial charge on any atom is 0.260 e. The average Bonchev–Trinajstić information content (AvgIpc) is 3.32. The first-order valence-electron chi connectivity index (χ1n) is 8.72. The molecule has 0 aliphatic heterocycles. The van der Waals surface area contributed by atoms with Gasteiger partial charge in [-0.3, -0.25) is 15.2 Å². The van der Waals surface area contributed by atoms with Crippen LogP contribution in [0.5, 0.6) is 0 Å². The summed E-state index contributed by atoms with van der Waals surface area (Å²) in [5, 5.41) is 11.2. The molecule has 0 unspecified atom stereocenters. The highest BCUT2D eigenvalue weighted by molar-refractivity contribution is 6.30. The van der Waals surface area contributed by atoms with E-state index in [0.717, 1.165) is 16.5 Å². The van der Waals surface area contributed by atoms with Gasteiger partial charge in [0.15, 0.2) is 5.82 Å². The van der Waals surface area contributed by atoms with E-state index in [4.69, 9.17) is 16.3 Å². The van der Waals surface area contributed by atoms with Crippen LogP contribution in [0.4, 0.5) is 5.95 Å². The topological polar surface area (TPSA) is 84.8 Å². The minimum atomic E-state index is -0.269. The van der Waals surface area contributed by atoms with E-state index in [0.29, 0.717) is 29.6 Å². The van der Waals surface area contributed by atoms with Gasteiger partial charge < -0.3 is 9.30 Å². The molecular weight excluding hydrogens is 378 g/mol. The number of carbonyl (C=O) groups is 1. The van der Waals surface area contributed by atoms with Crippen LogP contribution >= 0.6 is 11.6 Å². The van der Waals surface area contributed by atoms with E-state index in [-0.39, 0.29) is 11.9 Å². The summed E-state index contributed by atoms with van der Waals surface area (Å²) in [6.45, 7) is 1.22. The normalized spacial score (nSPS) is 11.1. The molecule has 0 saturated carbocycles. The Kier molecular flexibility index (Phi) is 5.10. The molecule has 1 amide bonds. The van der Waals surface area contributed by atoms with Gasteiger partial charge in [0.1, 0.15) is 0 Å². The largest absolute Gasteiger partial charge is 0.383 e. The highest BCUT2D eigenvalue weighted by Crippen LogP contribution is 2.23. The van der Waals surface area contributed by atoms with E-state index in [9.17, 15) is 4.79 Å². The van der Waals surface area contributed by atoms with E-state index in [1.54, 1.807) is 19.2 Å². The number of para-hydroxylation sites is 1. The molecule has 0 aliphatic rings. The van der Waals surface area contributed by atoms with Gasteiger partial charge in [0.2, 0.25) is 5.95 Å². The average molecular weight is 396 g/mol. The van der Waals surface area contributed by atoms with Gasteiger partial charge in [0.25, 0.3) is 5.91 Å². The highest BCUT2D eigenvalue weighted by atomic mass is 35.5. The van der Waals surface area contributed by atoms with Gasteiger partial charge in [-0.05, 0) is 30.3 Å². The van der Waals surface area contributed by atoms with Crippen molar-refractivity contribution in [3.8, 4) is 11.4 Å². The Morgan fingerprint density at radius 1 is 1.21 bits per heavy atom. The third-order valence-electron chi connectivity index (χ3n) is 4.40. The molecular formula is C20H18ClN5O2. The first kappa shape index (κ1) is 18.2. The fourth-order valence-corrected chi connectivity index (χ4v) is 3.15. The van der Waals surface area contributed by atoms with Gasteiger partial charge in [0, 0.05) is 41.3 Å². The maximum atomic E-state index is 12.8. The molecule has 2 aromatic carbocycles. The van der Waals surface area contributed by atoms with Crippen LogP contribution in [0.1, 0.15) is 10.4 Å². The standard InChI is InChI=1S/C20H18ClN5O2/c1-28-11-10-26-12-16(15-4-2-3-5-17(15)26)19(27)23-20-22-18(24-25-20)13-6-8-14(21)9-7-13/h2-9,12H,10-11H2,1H3,(H2,22,23,24,25,27). The van der Waals surface area contributed by atoms with Crippen LogP contribution in [0.15, 0.2) is 54.7 Å². The lowest BCUT2D eigenvalue weighted by atomic mass is 10.1. The predicted octanol–water partition coefficient (Wildman–Crippen LogP) is 3.98. The number of ether oxygens (including phenoxy) is 1. The van der Waals surface area contributed by atoms with Crippen molar-refractivity contribution in [2.24, 2.45) is 0 Å². The second-order valence-electron chi connectivity index (χ2n) is 6.21. The van der Waals surface area contributed by atoms with E-state index >= 15 is 0 Å². The van der Waals surface area contributed by atoms with Gasteiger partial charge in [-0.2, -0.15) is 4.98 Å². The Labute approximate surface area is 166 Å². The van der Waals surface area contributed by atoms with Crippen LogP contribution < -0.4 is 5.32 Å². The zero-order valence-electron chi connectivity index (χ0n) is 15.1. The van der Waals surface area contributed by atoms with Crippen LogP contribution in [-0.4, -0.2) is 39.4 Å².